The van der Waals surface area contributed by atoms with Crippen LogP contribution in [0.2, 0.25) is 0 Å². The number of unbranched alkanes of at least 4 members (excludes halogenated alkanes) is 2. The fourth-order valence-electron chi connectivity index (χ4n) is 3.79. The molecule has 7 heteroatoms. The van der Waals surface area contributed by atoms with Crippen molar-refractivity contribution < 1.29 is 39.1 Å². The molecule has 196 valence electrons. The number of aromatic nitrogens is 2. The van der Waals surface area contributed by atoms with Gasteiger partial charge in [0.25, 0.3) is 0 Å². The summed E-state index contributed by atoms with van der Waals surface area (Å²) in [6.45, 7) is 8.64. The predicted molar refractivity (Wildman–Crippen MR) is 172 cm³/mol. The van der Waals surface area contributed by atoms with E-state index < -0.39 is 0 Å². The summed E-state index contributed by atoms with van der Waals surface area (Å²) in [7, 11) is 0. The van der Waals surface area contributed by atoms with Crippen molar-refractivity contribution in [3.05, 3.63) is 107 Å². The quantitative estimate of drug-likeness (QED) is 0.196. The summed E-state index contributed by atoms with van der Waals surface area (Å²) in [5.74, 6) is 0. The van der Waals surface area contributed by atoms with E-state index >= 15 is 0 Å². The van der Waals surface area contributed by atoms with E-state index in [1.807, 2.05) is 36.4 Å². The van der Waals surface area contributed by atoms with Crippen molar-refractivity contribution in [1.29, 1.82) is 0 Å². The largest absolute Gasteiger partial charge is 1.00 e. The second-order valence-electron chi connectivity index (χ2n) is 9.13. The van der Waals surface area contributed by atoms with Crippen LogP contribution in [0.4, 0.5) is 0 Å². The SMILES string of the molecule is CCCCC.Cc1ccc2nc(-c3cc[c-]cc3)sc2c1.Cc1ccc2nc(-c3ccc(Br)cc3)sc2c1.[H-].[Li+].[Li+]. The number of rotatable bonds is 4. The fraction of sp³-hybridized carbons (Fsp3) is 0.212. The number of hydrogen-bond acceptors (Lipinski definition) is 4. The van der Waals surface area contributed by atoms with Gasteiger partial charge in [-0.2, -0.15) is 30.3 Å². The fourth-order valence-corrected chi connectivity index (χ4v) is 6.19. The van der Waals surface area contributed by atoms with Gasteiger partial charge in [0.05, 0.1) is 25.4 Å². The summed E-state index contributed by atoms with van der Waals surface area (Å²) in [5.41, 5.74) is 7.06. The summed E-state index contributed by atoms with van der Waals surface area (Å²) >= 11 is 6.93. The van der Waals surface area contributed by atoms with Crippen LogP contribution in [-0.4, -0.2) is 9.97 Å². The van der Waals surface area contributed by atoms with Crippen molar-refractivity contribution in [3.8, 4) is 21.1 Å². The molecule has 0 aliphatic carbocycles. The maximum Gasteiger partial charge on any atom is 1.00 e. The van der Waals surface area contributed by atoms with Crippen LogP contribution in [0.15, 0.2) is 89.4 Å². The Kier molecular flexibility index (Phi) is 15.0. The van der Waals surface area contributed by atoms with Gasteiger partial charge in [0, 0.05) is 10.0 Å². The van der Waals surface area contributed by atoms with E-state index in [4.69, 9.17) is 0 Å². The maximum atomic E-state index is 4.66. The molecule has 0 amide bonds. The van der Waals surface area contributed by atoms with Crippen LogP contribution in [0.5, 0.6) is 0 Å². The molecule has 0 spiro atoms. The van der Waals surface area contributed by atoms with Gasteiger partial charge in [-0.3, -0.25) is 0 Å². The molecule has 0 fully saturated rings. The van der Waals surface area contributed by atoms with Crippen LogP contribution in [-0.2, 0) is 0 Å². The Morgan fingerprint density at radius 2 is 1.12 bits per heavy atom. The number of hydrogen-bond donors (Lipinski definition) is 0. The van der Waals surface area contributed by atoms with Gasteiger partial charge in [0.2, 0.25) is 0 Å². The number of fused-ring (bicyclic) bond motifs is 2. The molecule has 40 heavy (non-hydrogen) atoms. The molecule has 0 aliphatic heterocycles. The van der Waals surface area contributed by atoms with Crippen molar-refractivity contribution >= 4 is 59.0 Å². The molecule has 0 saturated heterocycles. The Morgan fingerprint density at radius 3 is 1.55 bits per heavy atom. The van der Waals surface area contributed by atoms with Crippen molar-refractivity contribution in [2.24, 2.45) is 0 Å². The smallest absolute Gasteiger partial charge is 1.00 e. The standard InChI is InChI=1S/C14H10BrNS.C14H10NS.C5H12.2Li.H/c1-9-2-7-12-13(8-9)17-14(16-12)10-3-5-11(15)6-4-10;1-10-7-8-12-13(9-10)16-14(15-12)11-5-3-2-4-6-11;1-3-5-4-2;;;/h2-8H,1H3;3-9H,1H3;3-5H2,1-2H3;;;/q;-1;;2*+1;-1. The molecule has 2 heterocycles. The van der Waals surface area contributed by atoms with E-state index in [1.165, 1.54) is 45.4 Å². The normalized spacial score (nSPS) is 10.0. The van der Waals surface area contributed by atoms with Gasteiger partial charge in [0.1, 0.15) is 5.01 Å². The molecule has 6 rings (SSSR count). The van der Waals surface area contributed by atoms with Gasteiger partial charge in [-0.15, -0.1) is 22.7 Å². The Hall–Kier alpha value is -1.67. The third-order valence-electron chi connectivity index (χ3n) is 5.85. The van der Waals surface area contributed by atoms with Crippen molar-refractivity contribution in [2.45, 2.75) is 47.0 Å². The zero-order valence-corrected chi connectivity index (χ0v) is 27.5. The summed E-state index contributed by atoms with van der Waals surface area (Å²) < 4.78 is 3.60. The number of aryl methyl sites for hydroxylation is 2. The third kappa shape index (κ3) is 9.72. The number of halogens is 1. The molecule has 0 N–H and O–H groups in total. The second-order valence-corrected chi connectivity index (χ2v) is 12.1. The zero-order valence-electron chi connectivity index (χ0n) is 25.3. The monoisotopic (exact) mass is 614 g/mol. The Bertz CT molecular complexity index is 1600. The minimum Gasteiger partial charge on any atom is -1.00 e. The van der Waals surface area contributed by atoms with Crippen molar-refractivity contribution in [3.63, 3.8) is 0 Å². The first kappa shape index (κ1) is 34.5. The predicted octanol–water partition coefficient (Wildman–Crippen LogP) is 5.42. The van der Waals surface area contributed by atoms with Crippen molar-refractivity contribution in [1.82, 2.24) is 9.97 Å². The minimum absolute atomic E-state index is 0. The number of thiazole rings is 2. The van der Waals surface area contributed by atoms with E-state index in [0.29, 0.717) is 0 Å². The van der Waals surface area contributed by atoms with Gasteiger partial charge in [-0.1, -0.05) is 78.9 Å². The van der Waals surface area contributed by atoms with E-state index in [0.717, 1.165) is 31.1 Å². The van der Waals surface area contributed by atoms with E-state index in [9.17, 15) is 0 Å². The summed E-state index contributed by atoms with van der Waals surface area (Å²) in [5, 5.41) is 2.16. The van der Waals surface area contributed by atoms with Crippen LogP contribution in [0.3, 0.4) is 0 Å². The second kappa shape index (κ2) is 17.3. The Balaban J connectivity index is 0.000000333. The number of benzene rings is 4. The van der Waals surface area contributed by atoms with Crippen LogP contribution >= 0.6 is 38.6 Å². The van der Waals surface area contributed by atoms with E-state index in [2.05, 4.69) is 108 Å². The molecule has 2 nitrogen and oxygen atoms in total. The van der Waals surface area contributed by atoms with Gasteiger partial charge < -0.3 is 1.43 Å². The average molecular weight is 616 g/mol. The molecular formula is C33H33BrLi2N2S2. The molecule has 0 aliphatic rings. The van der Waals surface area contributed by atoms with Crippen LogP contribution in [0, 0.1) is 19.9 Å². The molecule has 0 bridgehead atoms. The van der Waals surface area contributed by atoms with Crippen LogP contribution in [0.25, 0.3) is 41.6 Å². The summed E-state index contributed by atoms with van der Waals surface area (Å²) in [6, 6.07) is 32.0. The average Bonchev–Trinajstić information content (AvgIpc) is 3.54. The molecule has 0 unspecified atom stereocenters. The molecule has 2 aromatic heterocycles. The third-order valence-corrected chi connectivity index (χ3v) is 8.51. The van der Waals surface area contributed by atoms with Crippen molar-refractivity contribution in [2.75, 3.05) is 0 Å². The topological polar surface area (TPSA) is 25.8 Å². The van der Waals surface area contributed by atoms with Gasteiger partial charge >= 0.3 is 37.7 Å². The summed E-state index contributed by atoms with van der Waals surface area (Å²) in [6.07, 6.45) is 4.08. The molecular weight excluding hydrogens is 582 g/mol. The Morgan fingerprint density at radius 1 is 0.675 bits per heavy atom. The zero-order chi connectivity index (χ0) is 26.9. The van der Waals surface area contributed by atoms with E-state index in [1.54, 1.807) is 22.7 Å². The number of nitrogens with zero attached hydrogens (tertiary/aromatic N) is 2. The molecule has 0 radical (unpaired) electrons. The summed E-state index contributed by atoms with van der Waals surface area (Å²) in [4.78, 5) is 9.29. The van der Waals surface area contributed by atoms with Gasteiger partial charge in [-0.05, 0) is 61.4 Å². The maximum absolute atomic E-state index is 4.66. The van der Waals surface area contributed by atoms with Crippen LogP contribution < -0.4 is 37.7 Å². The molecule has 0 saturated carbocycles. The molecule has 4 aromatic carbocycles. The Labute approximate surface area is 280 Å². The van der Waals surface area contributed by atoms with Crippen LogP contribution in [0.1, 0.15) is 45.7 Å². The first-order chi connectivity index (χ1) is 18.5. The van der Waals surface area contributed by atoms with Gasteiger partial charge in [-0.25, -0.2) is 9.97 Å². The van der Waals surface area contributed by atoms with Gasteiger partial charge in [0.15, 0.2) is 0 Å². The molecule has 0 atom stereocenters. The first-order valence-electron chi connectivity index (χ1n) is 12.9. The first-order valence-corrected chi connectivity index (χ1v) is 15.4. The van der Waals surface area contributed by atoms with E-state index in [-0.39, 0.29) is 39.1 Å². The minimum atomic E-state index is 0. The molecule has 6 aromatic rings.